The van der Waals surface area contributed by atoms with Crippen molar-refractivity contribution in [3.8, 4) is 11.1 Å². The Hall–Kier alpha value is -2.01. The number of carboxylic acid groups (broad SMARTS) is 1. The van der Waals surface area contributed by atoms with Crippen molar-refractivity contribution in [1.29, 1.82) is 0 Å². The zero-order chi connectivity index (χ0) is 14.2. The van der Waals surface area contributed by atoms with Crippen molar-refractivity contribution < 1.29 is 23.1 Å². The summed E-state index contributed by atoms with van der Waals surface area (Å²) in [7, 11) is 0. The van der Waals surface area contributed by atoms with Crippen molar-refractivity contribution in [3.63, 3.8) is 0 Å². The summed E-state index contributed by atoms with van der Waals surface area (Å²) in [6.07, 6.45) is 0. The Kier molecular flexibility index (Phi) is 3.48. The first kappa shape index (κ1) is 13.4. The maximum absolute atomic E-state index is 13.6. The average molecular weight is 287 g/mol. The molecule has 0 saturated carbocycles. The summed E-state index contributed by atoms with van der Waals surface area (Å²) in [6, 6.07) is 5.32. The van der Waals surface area contributed by atoms with E-state index < -0.39 is 23.4 Å². The Balaban J connectivity index is 2.68. The molecule has 0 amide bonds. The molecule has 0 aliphatic rings. The maximum atomic E-state index is 13.6. The lowest BCUT2D eigenvalue weighted by atomic mass is 10.0. The van der Waals surface area contributed by atoms with Crippen molar-refractivity contribution >= 4 is 17.6 Å². The fourth-order valence-corrected chi connectivity index (χ4v) is 1.82. The Morgan fingerprint density at radius 3 is 2.32 bits per heavy atom. The van der Waals surface area contributed by atoms with E-state index in [-0.39, 0.29) is 21.7 Å². The molecule has 2 nitrogen and oxygen atoms in total. The number of benzene rings is 2. The Morgan fingerprint density at radius 1 is 1.00 bits per heavy atom. The van der Waals surface area contributed by atoms with Gasteiger partial charge in [-0.1, -0.05) is 11.6 Å². The van der Waals surface area contributed by atoms with Crippen LogP contribution in [0, 0.1) is 17.5 Å². The van der Waals surface area contributed by atoms with Crippen LogP contribution in [0.15, 0.2) is 30.3 Å². The zero-order valence-electron chi connectivity index (χ0n) is 9.25. The standard InChI is InChI=1S/C13H6ClF3O2/c14-9-3-1-6(13(18)19)5-8(9)7-2-4-10(15)12(17)11(7)16/h1-5H,(H,18,19). The molecule has 0 unspecified atom stereocenters. The first-order valence-electron chi connectivity index (χ1n) is 5.08. The van der Waals surface area contributed by atoms with Gasteiger partial charge in [0.1, 0.15) is 0 Å². The number of rotatable bonds is 2. The van der Waals surface area contributed by atoms with Crippen molar-refractivity contribution in [2.24, 2.45) is 0 Å². The van der Waals surface area contributed by atoms with Crippen LogP contribution in [0.1, 0.15) is 10.4 Å². The summed E-state index contributed by atoms with van der Waals surface area (Å²) in [5.74, 6) is -5.61. The van der Waals surface area contributed by atoms with Crippen LogP contribution in [-0.4, -0.2) is 11.1 Å². The Labute approximate surface area is 111 Å². The molecule has 0 radical (unpaired) electrons. The average Bonchev–Trinajstić information content (AvgIpc) is 2.37. The van der Waals surface area contributed by atoms with Gasteiger partial charge in [0.05, 0.1) is 5.56 Å². The SMILES string of the molecule is O=C(O)c1ccc(Cl)c(-c2ccc(F)c(F)c2F)c1. The third-order valence-electron chi connectivity index (χ3n) is 2.54. The van der Waals surface area contributed by atoms with Gasteiger partial charge in [0.2, 0.25) is 0 Å². The van der Waals surface area contributed by atoms with E-state index in [4.69, 9.17) is 16.7 Å². The van der Waals surface area contributed by atoms with E-state index in [0.29, 0.717) is 0 Å². The van der Waals surface area contributed by atoms with E-state index >= 15 is 0 Å². The molecule has 0 aliphatic carbocycles. The topological polar surface area (TPSA) is 37.3 Å². The minimum Gasteiger partial charge on any atom is -0.478 e. The first-order valence-corrected chi connectivity index (χ1v) is 5.46. The largest absolute Gasteiger partial charge is 0.478 e. The fourth-order valence-electron chi connectivity index (χ4n) is 1.60. The van der Waals surface area contributed by atoms with Gasteiger partial charge in [-0.2, -0.15) is 0 Å². The molecule has 0 saturated heterocycles. The summed E-state index contributed by atoms with van der Waals surface area (Å²) in [5, 5.41) is 8.88. The van der Waals surface area contributed by atoms with Gasteiger partial charge in [0.25, 0.3) is 0 Å². The number of hydrogen-bond donors (Lipinski definition) is 1. The molecule has 1 N–H and O–H groups in total. The highest BCUT2D eigenvalue weighted by Gasteiger charge is 2.17. The minimum absolute atomic E-state index is 0.0158. The minimum atomic E-state index is -1.63. The van der Waals surface area contributed by atoms with Gasteiger partial charge >= 0.3 is 5.97 Å². The molecule has 0 spiro atoms. The normalized spacial score (nSPS) is 10.5. The van der Waals surface area contributed by atoms with Crippen LogP contribution in [0.3, 0.4) is 0 Å². The smallest absolute Gasteiger partial charge is 0.335 e. The molecule has 2 rings (SSSR count). The molecule has 0 aromatic heterocycles. The molecule has 98 valence electrons. The quantitative estimate of drug-likeness (QED) is 0.843. The van der Waals surface area contributed by atoms with Gasteiger partial charge in [-0.25, -0.2) is 18.0 Å². The van der Waals surface area contributed by atoms with Crippen LogP contribution < -0.4 is 0 Å². The molecule has 0 atom stereocenters. The van der Waals surface area contributed by atoms with Gasteiger partial charge in [-0.15, -0.1) is 0 Å². The third-order valence-corrected chi connectivity index (χ3v) is 2.87. The van der Waals surface area contributed by atoms with Gasteiger partial charge in [0.15, 0.2) is 17.5 Å². The predicted octanol–water partition coefficient (Wildman–Crippen LogP) is 4.12. The number of halogens is 4. The van der Waals surface area contributed by atoms with E-state index in [9.17, 15) is 18.0 Å². The summed E-state index contributed by atoms with van der Waals surface area (Å²) >= 11 is 5.82. The molecule has 0 heterocycles. The fraction of sp³-hybridized carbons (Fsp3) is 0. The summed E-state index contributed by atoms with van der Waals surface area (Å²) in [5.41, 5.74) is -0.450. The van der Waals surface area contributed by atoms with Crippen molar-refractivity contribution in [2.75, 3.05) is 0 Å². The molecule has 19 heavy (non-hydrogen) atoms. The molecular weight excluding hydrogens is 281 g/mol. The number of carbonyl (C=O) groups is 1. The molecule has 0 aliphatic heterocycles. The molecular formula is C13H6ClF3O2. The summed E-state index contributed by atoms with van der Waals surface area (Å²) in [4.78, 5) is 10.8. The van der Waals surface area contributed by atoms with Crippen molar-refractivity contribution in [2.45, 2.75) is 0 Å². The van der Waals surface area contributed by atoms with Crippen LogP contribution in [0.4, 0.5) is 13.2 Å². The second-order valence-corrected chi connectivity index (χ2v) is 4.13. The monoisotopic (exact) mass is 286 g/mol. The predicted molar refractivity (Wildman–Crippen MR) is 63.7 cm³/mol. The lowest BCUT2D eigenvalue weighted by molar-refractivity contribution is 0.0697. The molecule has 2 aromatic rings. The zero-order valence-corrected chi connectivity index (χ0v) is 10.0. The maximum Gasteiger partial charge on any atom is 0.335 e. The van der Waals surface area contributed by atoms with Crippen molar-refractivity contribution in [3.05, 3.63) is 58.4 Å². The number of aromatic carboxylic acids is 1. The third kappa shape index (κ3) is 2.42. The number of hydrogen-bond acceptors (Lipinski definition) is 1. The summed E-state index contributed by atoms with van der Waals surface area (Å²) in [6.45, 7) is 0. The lowest BCUT2D eigenvalue weighted by Gasteiger charge is -2.08. The molecule has 0 fully saturated rings. The van der Waals surface area contributed by atoms with E-state index in [1.165, 1.54) is 12.1 Å². The number of carboxylic acids is 1. The second kappa shape index (κ2) is 4.93. The Morgan fingerprint density at radius 2 is 1.68 bits per heavy atom. The highest BCUT2D eigenvalue weighted by atomic mass is 35.5. The van der Waals surface area contributed by atoms with Gasteiger partial charge < -0.3 is 5.11 Å². The highest BCUT2D eigenvalue weighted by molar-refractivity contribution is 6.33. The molecule has 0 bridgehead atoms. The molecule has 6 heteroatoms. The van der Waals surface area contributed by atoms with Gasteiger partial charge in [-0.3, -0.25) is 0 Å². The van der Waals surface area contributed by atoms with Crippen LogP contribution in [0.5, 0.6) is 0 Å². The van der Waals surface area contributed by atoms with Gasteiger partial charge in [-0.05, 0) is 30.3 Å². The van der Waals surface area contributed by atoms with E-state index in [0.717, 1.165) is 18.2 Å². The Bertz CT molecular complexity index is 671. The first-order chi connectivity index (χ1) is 8.91. The van der Waals surface area contributed by atoms with Crippen LogP contribution in [0.2, 0.25) is 5.02 Å². The second-order valence-electron chi connectivity index (χ2n) is 3.72. The van der Waals surface area contributed by atoms with Crippen LogP contribution >= 0.6 is 11.6 Å². The van der Waals surface area contributed by atoms with E-state index in [2.05, 4.69) is 0 Å². The van der Waals surface area contributed by atoms with Crippen molar-refractivity contribution in [1.82, 2.24) is 0 Å². The van der Waals surface area contributed by atoms with E-state index in [1.807, 2.05) is 0 Å². The summed E-state index contributed by atoms with van der Waals surface area (Å²) < 4.78 is 39.6. The van der Waals surface area contributed by atoms with Gasteiger partial charge in [0, 0.05) is 16.1 Å². The van der Waals surface area contributed by atoms with E-state index in [1.54, 1.807) is 0 Å². The highest BCUT2D eigenvalue weighted by Crippen LogP contribution is 2.32. The van der Waals surface area contributed by atoms with Crippen LogP contribution in [0.25, 0.3) is 11.1 Å². The molecule has 2 aromatic carbocycles. The van der Waals surface area contributed by atoms with Crippen LogP contribution in [-0.2, 0) is 0 Å². The lowest BCUT2D eigenvalue weighted by Crippen LogP contribution is -1.98.